The minimum atomic E-state index is 0.791. The first-order valence-corrected chi connectivity index (χ1v) is 4.14. The summed E-state index contributed by atoms with van der Waals surface area (Å²) >= 11 is 0. The molecule has 4 atom stereocenters. The minimum absolute atomic E-state index is 0.791. The fourth-order valence-corrected chi connectivity index (χ4v) is 2.36. The quantitative estimate of drug-likeness (QED) is 0.504. The van der Waals surface area contributed by atoms with Crippen molar-refractivity contribution >= 4 is 0 Å². The second-order valence-corrected chi connectivity index (χ2v) is 4.43. The minimum Gasteiger partial charge on any atom is -0.0622 e. The third kappa shape index (κ3) is 0.653. The molecule has 0 aromatic carbocycles. The van der Waals surface area contributed by atoms with Crippen LogP contribution >= 0.6 is 0 Å². The van der Waals surface area contributed by atoms with Crippen molar-refractivity contribution in [2.75, 3.05) is 0 Å². The van der Waals surface area contributed by atoms with Gasteiger partial charge in [-0.15, -0.1) is 0 Å². The topological polar surface area (TPSA) is 0 Å². The van der Waals surface area contributed by atoms with E-state index < -0.39 is 0 Å². The Hall–Kier alpha value is 0. The van der Waals surface area contributed by atoms with Gasteiger partial charge in [0.1, 0.15) is 0 Å². The molecule has 2 rings (SSSR count). The van der Waals surface area contributed by atoms with Crippen LogP contribution in [0.5, 0.6) is 0 Å². The first kappa shape index (κ1) is 5.76. The average molecular weight is 124 g/mol. The first-order valence-electron chi connectivity index (χ1n) is 4.14. The summed E-state index contributed by atoms with van der Waals surface area (Å²) in [6.07, 6.45) is 3.02. The molecule has 0 aromatic rings. The molecule has 0 nitrogen and oxygen atoms in total. The summed E-state index contributed by atoms with van der Waals surface area (Å²) < 4.78 is 0. The van der Waals surface area contributed by atoms with Gasteiger partial charge in [0.25, 0.3) is 0 Å². The normalized spacial score (nSPS) is 63.7. The molecule has 0 amide bonds. The first-order chi connectivity index (χ1) is 4.14. The maximum atomic E-state index is 2.46. The molecule has 0 heterocycles. The Bertz CT molecular complexity index is 139. The van der Waals surface area contributed by atoms with Crippen molar-refractivity contribution in [2.45, 2.75) is 33.6 Å². The maximum Gasteiger partial charge on any atom is -0.0266 e. The van der Waals surface area contributed by atoms with Gasteiger partial charge in [0, 0.05) is 0 Å². The Labute approximate surface area is 57.6 Å². The van der Waals surface area contributed by atoms with Gasteiger partial charge >= 0.3 is 0 Å². The number of hydrogen-bond acceptors (Lipinski definition) is 0. The van der Waals surface area contributed by atoms with E-state index in [-0.39, 0.29) is 0 Å². The predicted octanol–water partition coefficient (Wildman–Crippen LogP) is 2.69. The SMILES string of the molecule is CC1CC1C1(C)CC1C. The number of hydrogen-bond donors (Lipinski definition) is 0. The standard InChI is InChI=1S/C9H16/c1-6-4-8(6)9(3)5-7(9)2/h6-8H,4-5H2,1-3H3. The maximum absolute atomic E-state index is 2.46. The predicted molar refractivity (Wildman–Crippen MR) is 39.2 cm³/mol. The molecule has 0 N–H and O–H groups in total. The van der Waals surface area contributed by atoms with Gasteiger partial charge in [-0.1, -0.05) is 20.8 Å². The van der Waals surface area contributed by atoms with Crippen molar-refractivity contribution < 1.29 is 0 Å². The summed E-state index contributed by atoms with van der Waals surface area (Å²) in [7, 11) is 0. The summed E-state index contributed by atoms with van der Waals surface area (Å²) in [4.78, 5) is 0. The molecule has 52 valence electrons. The lowest BCUT2D eigenvalue weighted by atomic mass is 9.99. The van der Waals surface area contributed by atoms with Gasteiger partial charge in [-0.05, 0) is 36.0 Å². The van der Waals surface area contributed by atoms with Crippen LogP contribution in [0.4, 0.5) is 0 Å². The molecular formula is C9H16. The Morgan fingerprint density at radius 1 is 1.33 bits per heavy atom. The van der Waals surface area contributed by atoms with Crippen molar-refractivity contribution in [1.29, 1.82) is 0 Å². The largest absolute Gasteiger partial charge is 0.0622 e. The lowest BCUT2D eigenvalue weighted by Crippen LogP contribution is -1.99. The summed E-state index contributed by atoms with van der Waals surface area (Å²) in [5, 5.41) is 0. The zero-order valence-corrected chi connectivity index (χ0v) is 6.65. The van der Waals surface area contributed by atoms with Gasteiger partial charge in [-0.2, -0.15) is 0 Å². The highest BCUT2D eigenvalue weighted by Crippen LogP contribution is 2.67. The van der Waals surface area contributed by atoms with Crippen LogP contribution in [0, 0.1) is 23.2 Å². The highest BCUT2D eigenvalue weighted by atomic mass is 14.6. The van der Waals surface area contributed by atoms with Gasteiger partial charge < -0.3 is 0 Å². The highest BCUT2D eigenvalue weighted by molar-refractivity contribution is 5.08. The monoisotopic (exact) mass is 124 g/mol. The smallest absolute Gasteiger partial charge is 0.0266 e. The van der Waals surface area contributed by atoms with Crippen LogP contribution in [0.2, 0.25) is 0 Å². The Kier molecular flexibility index (Phi) is 0.868. The molecule has 0 aliphatic heterocycles. The van der Waals surface area contributed by atoms with E-state index in [9.17, 15) is 0 Å². The molecule has 0 heteroatoms. The van der Waals surface area contributed by atoms with Crippen molar-refractivity contribution in [3.05, 3.63) is 0 Å². The van der Waals surface area contributed by atoms with E-state index in [2.05, 4.69) is 20.8 Å². The summed E-state index contributed by atoms with van der Waals surface area (Å²) in [6, 6.07) is 0. The van der Waals surface area contributed by atoms with Crippen molar-refractivity contribution in [3.8, 4) is 0 Å². The van der Waals surface area contributed by atoms with Crippen molar-refractivity contribution in [1.82, 2.24) is 0 Å². The third-order valence-electron chi connectivity index (χ3n) is 3.67. The molecule has 4 unspecified atom stereocenters. The van der Waals surface area contributed by atoms with Crippen LogP contribution in [0.15, 0.2) is 0 Å². The molecular weight excluding hydrogens is 108 g/mol. The lowest BCUT2D eigenvalue weighted by Gasteiger charge is -2.05. The summed E-state index contributed by atoms with van der Waals surface area (Å²) in [6.45, 7) is 7.25. The molecule has 2 saturated carbocycles. The van der Waals surface area contributed by atoms with Crippen LogP contribution in [0.25, 0.3) is 0 Å². The molecule has 0 aromatic heterocycles. The van der Waals surface area contributed by atoms with E-state index in [1.807, 2.05) is 0 Å². The van der Waals surface area contributed by atoms with E-state index in [0.717, 1.165) is 23.2 Å². The summed E-state index contributed by atoms with van der Waals surface area (Å²) in [5.41, 5.74) is 0.791. The van der Waals surface area contributed by atoms with Crippen molar-refractivity contribution in [2.24, 2.45) is 23.2 Å². The molecule has 9 heavy (non-hydrogen) atoms. The van der Waals surface area contributed by atoms with Crippen LogP contribution in [0.3, 0.4) is 0 Å². The van der Waals surface area contributed by atoms with E-state index in [4.69, 9.17) is 0 Å². The zero-order chi connectivity index (χ0) is 6.65. The third-order valence-corrected chi connectivity index (χ3v) is 3.67. The van der Waals surface area contributed by atoms with Crippen LogP contribution < -0.4 is 0 Å². The van der Waals surface area contributed by atoms with Crippen LogP contribution in [0.1, 0.15) is 33.6 Å². The van der Waals surface area contributed by atoms with E-state index in [0.29, 0.717) is 0 Å². The molecule has 2 aliphatic rings. The molecule has 0 spiro atoms. The summed E-state index contributed by atoms with van der Waals surface area (Å²) in [5.74, 6) is 3.19. The molecule has 0 bridgehead atoms. The Morgan fingerprint density at radius 2 is 1.78 bits per heavy atom. The van der Waals surface area contributed by atoms with Gasteiger partial charge in [-0.3, -0.25) is 0 Å². The van der Waals surface area contributed by atoms with Gasteiger partial charge in [-0.25, -0.2) is 0 Å². The second-order valence-electron chi connectivity index (χ2n) is 4.43. The Balaban J connectivity index is 2.00. The zero-order valence-electron chi connectivity index (χ0n) is 6.65. The Morgan fingerprint density at radius 3 is 1.89 bits per heavy atom. The highest BCUT2D eigenvalue weighted by Gasteiger charge is 2.59. The van der Waals surface area contributed by atoms with Gasteiger partial charge in [0.15, 0.2) is 0 Å². The van der Waals surface area contributed by atoms with Gasteiger partial charge in [0.05, 0.1) is 0 Å². The fraction of sp³-hybridized carbons (Fsp3) is 1.00. The van der Waals surface area contributed by atoms with E-state index in [1.54, 1.807) is 0 Å². The molecule has 0 radical (unpaired) electrons. The molecule has 2 aliphatic carbocycles. The van der Waals surface area contributed by atoms with Crippen LogP contribution in [-0.2, 0) is 0 Å². The fourth-order valence-electron chi connectivity index (χ4n) is 2.36. The van der Waals surface area contributed by atoms with E-state index in [1.165, 1.54) is 12.8 Å². The van der Waals surface area contributed by atoms with Crippen LogP contribution in [-0.4, -0.2) is 0 Å². The lowest BCUT2D eigenvalue weighted by molar-refractivity contribution is 0.426. The number of rotatable bonds is 1. The van der Waals surface area contributed by atoms with Gasteiger partial charge in [0.2, 0.25) is 0 Å². The second kappa shape index (κ2) is 1.36. The molecule has 0 saturated heterocycles. The van der Waals surface area contributed by atoms with Crippen molar-refractivity contribution in [3.63, 3.8) is 0 Å². The molecule has 2 fully saturated rings. The van der Waals surface area contributed by atoms with E-state index >= 15 is 0 Å². The average Bonchev–Trinajstić information content (AvgIpc) is 2.55.